The number of carbonyl (C=O) groups excluding carboxylic acids is 1. The van der Waals surface area contributed by atoms with Crippen LogP contribution in [0, 0.1) is 0 Å². The minimum Gasteiger partial charge on any atom is -0.372 e. The summed E-state index contributed by atoms with van der Waals surface area (Å²) in [7, 11) is 0. The van der Waals surface area contributed by atoms with E-state index in [0.29, 0.717) is 13.0 Å². The fourth-order valence-corrected chi connectivity index (χ4v) is 4.82. The zero-order chi connectivity index (χ0) is 22.4. The summed E-state index contributed by atoms with van der Waals surface area (Å²) in [6.45, 7) is 3.11. The highest BCUT2D eigenvalue weighted by molar-refractivity contribution is 6.30. The van der Waals surface area contributed by atoms with Crippen LogP contribution < -0.4 is 5.73 Å². The maximum Gasteiger partial charge on any atom is 0.232 e. The van der Waals surface area contributed by atoms with Crippen LogP contribution in [0.3, 0.4) is 0 Å². The maximum absolute atomic E-state index is 12.9. The van der Waals surface area contributed by atoms with Gasteiger partial charge >= 0.3 is 0 Å². The Hall–Kier alpha value is -2.66. The topological polar surface area (TPSA) is 55.6 Å². The lowest BCUT2D eigenvalue weighted by Gasteiger charge is -2.33. The summed E-state index contributed by atoms with van der Waals surface area (Å²) in [5.74, 6) is -0.317. The van der Waals surface area contributed by atoms with Gasteiger partial charge in [-0.25, -0.2) is 0 Å². The van der Waals surface area contributed by atoms with Crippen molar-refractivity contribution in [1.82, 2.24) is 4.90 Å². The van der Waals surface area contributed by atoms with Crippen LogP contribution in [0.15, 0.2) is 84.9 Å². The molecular weight excluding hydrogens is 420 g/mol. The molecule has 1 saturated heterocycles. The zero-order valence-corrected chi connectivity index (χ0v) is 18.9. The fraction of sp³-hybridized carbons (Fsp3) is 0.296. The van der Waals surface area contributed by atoms with Crippen LogP contribution in [0.2, 0.25) is 5.02 Å². The first kappa shape index (κ1) is 22.5. The largest absolute Gasteiger partial charge is 0.372 e. The van der Waals surface area contributed by atoms with E-state index in [1.807, 2.05) is 84.9 Å². The van der Waals surface area contributed by atoms with Crippen LogP contribution in [0.1, 0.15) is 29.5 Å². The van der Waals surface area contributed by atoms with Crippen molar-refractivity contribution < 1.29 is 9.53 Å². The molecular formula is C27H29ClN2O2. The van der Waals surface area contributed by atoms with Crippen molar-refractivity contribution in [2.24, 2.45) is 5.73 Å². The van der Waals surface area contributed by atoms with Crippen LogP contribution in [-0.4, -0.2) is 36.5 Å². The van der Waals surface area contributed by atoms with Gasteiger partial charge in [0.1, 0.15) is 0 Å². The number of ether oxygens (including phenoxy) is 1. The van der Waals surface area contributed by atoms with Gasteiger partial charge in [-0.3, -0.25) is 4.79 Å². The van der Waals surface area contributed by atoms with Gasteiger partial charge in [-0.2, -0.15) is 0 Å². The van der Waals surface area contributed by atoms with E-state index in [1.165, 1.54) is 0 Å². The van der Waals surface area contributed by atoms with Gasteiger partial charge in [0, 0.05) is 18.1 Å². The molecule has 4 rings (SSSR count). The van der Waals surface area contributed by atoms with Crippen molar-refractivity contribution in [1.29, 1.82) is 0 Å². The minimum atomic E-state index is -0.859. The number of benzene rings is 3. The van der Waals surface area contributed by atoms with Crippen LogP contribution in [-0.2, 0) is 21.6 Å². The van der Waals surface area contributed by atoms with Crippen LogP contribution >= 0.6 is 11.6 Å². The van der Waals surface area contributed by atoms with Crippen molar-refractivity contribution >= 4 is 17.5 Å². The highest BCUT2D eigenvalue weighted by Gasteiger charge is 2.40. The third kappa shape index (κ3) is 5.04. The normalized spacial score (nSPS) is 16.8. The van der Waals surface area contributed by atoms with Crippen molar-refractivity contribution in [3.63, 3.8) is 0 Å². The lowest BCUT2D eigenvalue weighted by Crippen LogP contribution is -2.44. The number of primary amides is 1. The number of hydrogen-bond donors (Lipinski definition) is 1. The molecule has 0 bridgehead atoms. The quantitative estimate of drug-likeness (QED) is 0.512. The monoisotopic (exact) mass is 448 g/mol. The fourth-order valence-electron chi connectivity index (χ4n) is 4.61. The highest BCUT2D eigenvalue weighted by atomic mass is 35.5. The predicted molar refractivity (Wildman–Crippen MR) is 129 cm³/mol. The molecule has 5 heteroatoms. The summed E-state index contributed by atoms with van der Waals surface area (Å²) in [5.41, 5.74) is 8.17. The Labute approximate surface area is 195 Å². The second-order valence-corrected chi connectivity index (χ2v) is 8.84. The minimum absolute atomic E-state index is 0.172. The van der Waals surface area contributed by atoms with E-state index >= 15 is 0 Å². The number of nitrogens with zero attached hydrogens (tertiary/aromatic N) is 1. The number of likely N-dealkylation sites (tertiary alicyclic amines) is 1. The van der Waals surface area contributed by atoms with Gasteiger partial charge < -0.3 is 15.4 Å². The summed E-state index contributed by atoms with van der Waals surface area (Å²) >= 11 is 6.07. The first-order chi connectivity index (χ1) is 15.6. The molecule has 166 valence electrons. The molecule has 1 atom stereocenters. The van der Waals surface area contributed by atoms with E-state index in [1.54, 1.807) is 0 Å². The van der Waals surface area contributed by atoms with Crippen molar-refractivity contribution in [2.75, 3.05) is 19.6 Å². The smallest absolute Gasteiger partial charge is 0.232 e. The number of rotatable bonds is 9. The number of amides is 1. The Morgan fingerprint density at radius 1 is 1.00 bits per heavy atom. The van der Waals surface area contributed by atoms with E-state index in [9.17, 15) is 4.79 Å². The molecule has 1 aliphatic heterocycles. The molecule has 0 spiro atoms. The first-order valence-corrected chi connectivity index (χ1v) is 11.4. The number of carbonyl (C=O) groups is 1. The average molecular weight is 449 g/mol. The second-order valence-electron chi connectivity index (χ2n) is 8.40. The SMILES string of the molecule is NC(=O)C(CCN1CCC(OCc2cccc(Cl)c2)C1)(c1ccccc1)c1ccccc1. The molecule has 4 nitrogen and oxygen atoms in total. The summed E-state index contributed by atoms with van der Waals surface area (Å²) in [6, 6.07) is 27.5. The molecule has 1 amide bonds. The third-order valence-corrected chi connectivity index (χ3v) is 6.60. The number of nitrogens with two attached hydrogens (primary N) is 1. The van der Waals surface area contributed by atoms with Gasteiger partial charge in [0.05, 0.1) is 18.1 Å². The Kier molecular flexibility index (Phi) is 7.26. The molecule has 1 aliphatic rings. The van der Waals surface area contributed by atoms with Gasteiger partial charge in [-0.05, 0) is 48.2 Å². The molecule has 0 radical (unpaired) electrons. The maximum atomic E-state index is 12.9. The van der Waals surface area contributed by atoms with Crippen molar-refractivity contribution in [2.45, 2.75) is 31.0 Å². The first-order valence-electron chi connectivity index (χ1n) is 11.1. The van der Waals surface area contributed by atoms with Crippen LogP contribution in [0.25, 0.3) is 0 Å². The van der Waals surface area contributed by atoms with E-state index in [-0.39, 0.29) is 12.0 Å². The number of halogens is 1. The van der Waals surface area contributed by atoms with Gasteiger partial charge in [-0.15, -0.1) is 0 Å². The molecule has 0 aromatic heterocycles. The molecule has 1 heterocycles. The molecule has 0 saturated carbocycles. The van der Waals surface area contributed by atoms with E-state index in [4.69, 9.17) is 22.1 Å². The van der Waals surface area contributed by atoms with Gasteiger partial charge in [0.25, 0.3) is 0 Å². The summed E-state index contributed by atoms with van der Waals surface area (Å²) in [4.78, 5) is 15.3. The van der Waals surface area contributed by atoms with Gasteiger partial charge in [0.15, 0.2) is 0 Å². The Balaban J connectivity index is 1.44. The Bertz CT molecular complexity index is 987. The van der Waals surface area contributed by atoms with E-state index in [0.717, 1.165) is 47.8 Å². The van der Waals surface area contributed by atoms with Crippen LogP contribution in [0.5, 0.6) is 0 Å². The summed E-state index contributed by atoms with van der Waals surface area (Å²) < 4.78 is 6.13. The molecule has 3 aromatic carbocycles. The molecule has 2 N–H and O–H groups in total. The Morgan fingerprint density at radius 3 is 2.25 bits per heavy atom. The molecule has 3 aromatic rings. The number of hydrogen-bond acceptors (Lipinski definition) is 3. The second kappa shape index (κ2) is 10.3. The van der Waals surface area contributed by atoms with Gasteiger partial charge in [0.2, 0.25) is 5.91 Å². The summed E-state index contributed by atoms with van der Waals surface area (Å²) in [6.07, 6.45) is 1.77. The van der Waals surface area contributed by atoms with E-state index in [2.05, 4.69) is 4.90 Å². The lowest BCUT2D eigenvalue weighted by atomic mass is 9.71. The van der Waals surface area contributed by atoms with Crippen LogP contribution in [0.4, 0.5) is 0 Å². The lowest BCUT2D eigenvalue weighted by molar-refractivity contribution is -0.122. The molecule has 1 unspecified atom stereocenters. The van der Waals surface area contributed by atoms with Gasteiger partial charge in [-0.1, -0.05) is 84.4 Å². The van der Waals surface area contributed by atoms with Crippen molar-refractivity contribution in [3.8, 4) is 0 Å². The van der Waals surface area contributed by atoms with E-state index < -0.39 is 5.41 Å². The zero-order valence-electron chi connectivity index (χ0n) is 18.1. The van der Waals surface area contributed by atoms with Crippen molar-refractivity contribution in [3.05, 3.63) is 107 Å². The standard InChI is InChI=1S/C27H29ClN2O2/c28-24-13-7-8-21(18-24)20-32-25-14-16-30(19-25)17-15-27(26(29)31,22-9-3-1-4-10-22)23-11-5-2-6-12-23/h1-13,18,25H,14-17,19-20H2,(H2,29,31). The Morgan fingerprint density at radius 2 is 1.66 bits per heavy atom. The third-order valence-electron chi connectivity index (χ3n) is 6.36. The average Bonchev–Trinajstić information content (AvgIpc) is 3.27. The molecule has 0 aliphatic carbocycles. The molecule has 1 fully saturated rings. The predicted octanol–water partition coefficient (Wildman–Crippen LogP) is 4.79. The highest BCUT2D eigenvalue weighted by Crippen LogP contribution is 2.36. The summed E-state index contributed by atoms with van der Waals surface area (Å²) in [5, 5.41) is 0.726. The molecule has 32 heavy (non-hydrogen) atoms.